The van der Waals surface area contributed by atoms with Crippen molar-refractivity contribution in [1.29, 1.82) is 0 Å². The molecule has 0 spiro atoms. The molecule has 1 aromatic heterocycles. The number of H-pyrrole nitrogens is 1. The molecule has 0 aliphatic rings. The molecular weight excluding hydrogens is 338 g/mol. The maximum atomic E-state index is 11.0. The van der Waals surface area contributed by atoms with Gasteiger partial charge in [0.2, 0.25) is 0 Å². The summed E-state index contributed by atoms with van der Waals surface area (Å²) in [5.41, 5.74) is 1.44. The number of benzene rings is 1. The van der Waals surface area contributed by atoms with Crippen molar-refractivity contribution in [2.24, 2.45) is 5.10 Å². The number of thiazole rings is 1. The Kier molecular flexibility index (Phi) is 4.48. The highest BCUT2D eigenvalue weighted by molar-refractivity contribution is 7.11. The SMILES string of the molecule is O=c1[nH]c(Cl)c(/C=N/Nc2ccc([N+](=O)[O-])cc2[N+](=O)[O-])s1. The Morgan fingerprint density at radius 1 is 1.32 bits per heavy atom. The Hall–Kier alpha value is -2.79. The Balaban J connectivity index is 2.26. The molecule has 2 rings (SSSR count). The van der Waals surface area contributed by atoms with Crippen molar-refractivity contribution in [1.82, 2.24) is 4.98 Å². The maximum absolute atomic E-state index is 11.0. The summed E-state index contributed by atoms with van der Waals surface area (Å²) >= 11 is 6.53. The fourth-order valence-electron chi connectivity index (χ4n) is 1.44. The third-order valence-electron chi connectivity index (χ3n) is 2.39. The predicted molar refractivity (Wildman–Crippen MR) is 80.9 cm³/mol. The van der Waals surface area contributed by atoms with E-state index in [0.29, 0.717) is 4.88 Å². The molecule has 2 N–H and O–H groups in total. The van der Waals surface area contributed by atoms with Crippen molar-refractivity contribution in [3.05, 3.63) is 58.1 Å². The fourth-order valence-corrected chi connectivity index (χ4v) is 2.35. The van der Waals surface area contributed by atoms with Gasteiger partial charge in [-0.3, -0.25) is 30.4 Å². The van der Waals surface area contributed by atoms with Crippen LogP contribution in [0.3, 0.4) is 0 Å². The van der Waals surface area contributed by atoms with Gasteiger partial charge in [-0.05, 0) is 6.07 Å². The summed E-state index contributed by atoms with van der Waals surface area (Å²) in [6.07, 6.45) is 1.20. The van der Waals surface area contributed by atoms with Gasteiger partial charge in [0, 0.05) is 6.07 Å². The number of hydrazone groups is 1. The van der Waals surface area contributed by atoms with Crippen LogP contribution in [0.5, 0.6) is 0 Å². The zero-order chi connectivity index (χ0) is 16.3. The highest BCUT2D eigenvalue weighted by Crippen LogP contribution is 2.28. The van der Waals surface area contributed by atoms with E-state index in [4.69, 9.17) is 11.6 Å². The smallest absolute Gasteiger partial charge is 0.303 e. The van der Waals surface area contributed by atoms with E-state index in [2.05, 4.69) is 15.5 Å². The lowest BCUT2D eigenvalue weighted by atomic mass is 10.2. The molecule has 2 aromatic rings. The summed E-state index contributed by atoms with van der Waals surface area (Å²) in [4.78, 5) is 33.3. The number of rotatable bonds is 5. The first-order valence-corrected chi connectivity index (χ1v) is 6.68. The van der Waals surface area contributed by atoms with Gasteiger partial charge in [0.15, 0.2) is 0 Å². The first-order valence-electron chi connectivity index (χ1n) is 5.49. The van der Waals surface area contributed by atoms with Crippen molar-refractivity contribution in [3.63, 3.8) is 0 Å². The van der Waals surface area contributed by atoms with Crippen LogP contribution in [0.4, 0.5) is 17.1 Å². The van der Waals surface area contributed by atoms with Gasteiger partial charge in [-0.15, -0.1) is 0 Å². The molecule has 0 unspecified atom stereocenters. The van der Waals surface area contributed by atoms with Crippen LogP contribution in [0.15, 0.2) is 28.1 Å². The van der Waals surface area contributed by atoms with E-state index < -0.39 is 21.2 Å². The number of aromatic amines is 1. The van der Waals surface area contributed by atoms with Crippen molar-refractivity contribution in [3.8, 4) is 0 Å². The molecular formula is C10H6ClN5O5S. The molecule has 10 nitrogen and oxygen atoms in total. The zero-order valence-corrected chi connectivity index (χ0v) is 12.1. The van der Waals surface area contributed by atoms with Crippen LogP contribution in [-0.4, -0.2) is 21.0 Å². The standard InChI is InChI=1S/C10H6ClN5O5S/c11-9-8(22-10(17)13-9)4-12-14-6-2-1-5(15(18)19)3-7(6)16(20)21/h1-4,14H,(H,13,17)/b12-4+. The van der Waals surface area contributed by atoms with E-state index >= 15 is 0 Å². The molecule has 0 amide bonds. The number of hydrogen-bond acceptors (Lipinski definition) is 8. The Morgan fingerprint density at radius 2 is 2.05 bits per heavy atom. The second-order valence-corrected chi connectivity index (χ2v) is 5.17. The fraction of sp³-hybridized carbons (Fsp3) is 0. The topological polar surface area (TPSA) is 144 Å². The van der Waals surface area contributed by atoms with Crippen LogP contribution < -0.4 is 10.3 Å². The second-order valence-electron chi connectivity index (χ2n) is 3.78. The van der Waals surface area contributed by atoms with E-state index in [1.54, 1.807) is 0 Å². The third kappa shape index (κ3) is 3.45. The highest BCUT2D eigenvalue weighted by Gasteiger charge is 2.19. The minimum atomic E-state index is -0.771. The predicted octanol–water partition coefficient (Wildman–Crippen LogP) is 2.35. The maximum Gasteiger partial charge on any atom is 0.306 e. The lowest BCUT2D eigenvalue weighted by Gasteiger charge is -2.01. The molecule has 22 heavy (non-hydrogen) atoms. The zero-order valence-electron chi connectivity index (χ0n) is 10.5. The normalized spacial score (nSPS) is 10.8. The van der Waals surface area contributed by atoms with Gasteiger partial charge >= 0.3 is 10.6 Å². The van der Waals surface area contributed by atoms with Gasteiger partial charge in [0.1, 0.15) is 10.8 Å². The van der Waals surface area contributed by atoms with E-state index in [9.17, 15) is 25.0 Å². The summed E-state index contributed by atoms with van der Waals surface area (Å²) in [5, 5.41) is 25.3. The van der Waals surface area contributed by atoms with Gasteiger partial charge in [-0.2, -0.15) is 5.10 Å². The van der Waals surface area contributed by atoms with Crippen molar-refractivity contribution >= 4 is 46.2 Å². The number of hydrogen-bond donors (Lipinski definition) is 2. The van der Waals surface area contributed by atoms with Crippen molar-refractivity contribution in [2.75, 3.05) is 5.43 Å². The quantitative estimate of drug-likeness (QED) is 0.484. The number of halogens is 1. The third-order valence-corrected chi connectivity index (χ3v) is 3.61. The van der Waals surface area contributed by atoms with Crippen molar-refractivity contribution in [2.45, 2.75) is 0 Å². The molecule has 0 radical (unpaired) electrons. The Morgan fingerprint density at radius 3 is 2.59 bits per heavy atom. The van der Waals surface area contributed by atoms with Crippen LogP contribution in [0.1, 0.15) is 4.88 Å². The monoisotopic (exact) mass is 343 g/mol. The molecule has 0 bridgehead atoms. The Labute approximate surface area is 130 Å². The molecule has 0 fully saturated rings. The summed E-state index contributed by atoms with van der Waals surface area (Å²) < 4.78 is 0. The molecule has 0 atom stereocenters. The van der Waals surface area contributed by atoms with Crippen LogP contribution in [-0.2, 0) is 0 Å². The van der Waals surface area contributed by atoms with Gasteiger partial charge in [-0.25, -0.2) is 0 Å². The summed E-state index contributed by atoms with van der Waals surface area (Å²) in [7, 11) is 0. The van der Waals surface area contributed by atoms with Crippen molar-refractivity contribution < 1.29 is 9.85 Å². The van der Waals surface area contributed by atoms with Crippen LogP contribution in [0, 0.1) is 20.2 Å². The second kappa shape index (κ2) is 6.32. The molecule has 0 aliphatic carbocycles. The van der Waals surface area contributed by atoms with E-state index in [1.807, 2.05) is 0 Å². The van der Waals surface area contributed by atoms with Gasteiger partial charge in [-0.1, -0.05) is 22.9 Å². The van der Waals surface area contributed by atoms with E-state index in [1.165, 1.54) is 6.21 Å². The minimum absolute atomic E-state index is 0.0362. The average molecular weight is 344 g/mol. The summed E-state index contributed by atoms with van der Waals surface area (Å²) in [6.45, 7) is 0. The molecule has 1 heterocycles. The number of nitrogens with zero attached hydrogens (tertiary/aromatic N) is 3. The first-order chi connectivity index (χ1) is 10.4. The van der Waals surface area contributed by atoms with Gasteiger partial charge in [0.05, 0.1) is 27.0 Å². The van der Waals surface area contributed by atoms with E-state index in [-0.39, 0.29) is 15.7 Å². The molecule has 1 aromatic carbocycles. The largest absolute Gasteiger partial charge is 0.306 e. The number of anilines is 1. The molecule has 0 saturated carbocycles. The number of non-ortho nitro benzene ring substituents is 1. The number of nitro benzene ring substituents is 2. The number of nitro groups is 2. The summed E-state index contributed by atoms with van der Waals surface area (Å²) in [5.74, 6) is 0. The number of nitrogens with one attached hydrogen (secondary N) is 2. The van der Waals surface area contributed by atoms with Gasteiger partial charge in [0.25, 0.3) is 5.69 Å². The lowest BCUT2D eigenvalue weighted by molar-refractivity contribution is -0.393. The number of aromatic nitrogens is 1. The van der Waals surface area contributed by atoms with Crippen LogP contribution >= 0.6 is 22.9 Å². The first kappa shape index (κ1) is 15.6. The molecule has 12 heteroatoms. The molecule has 0 aliphatic heterocycles. The van der Waals surface area contributed by atoms with Crippen LogP contribution in [0.25, 0.3) is 0 Å². The Bertz CT molecular complexity index is 829. The molecule has 114 valence electrons. The summed E-state index contributed by atoms with van der Waals surface area (Å²) in [6, 6.07) is 3.08. The highest BCUT2D eigenvalue weighted by atomic mass is 35.5. The average Bonchev–Trinajstić information content (AvgIpc) is 2.77. The van der Waals surface area contributed by atoms with Gasteiger partial charge < -0.3 is 4.98 Å². The van der Waals surface area contributed by atoms with E-state index in [0.717, 1.165) is 29.5 Å². The van der Waals surface area contributed by atoms with Crippen LogP contribution in [0.2, 0.25) is 5.15 Å². The minimum Gasteiger partial charge on any atom is -0.303 e. The molecule has 0 saturated heterocycles. The lowest BCUT2D eigenvalue weighted by Crippen LogP contribution is -1.98.